The highest BCUT2D eigenvalue weighted by atomic mass is 16.5. The fraction of sp³-hybridized carbons (Fsp3) is 0.429. The molecule has 2 aromatic heterocycles. The monoisotopic (exact) mass is 486 g/mol. The van der Waals surface area contributed by atoms with Crippen LogP contribution in [-0.4, -0.2) is 37.2 Å². The lowest BCUT2D eigenvalue weighted by molar-refractivity contribution is 0.155. The molecule has 2 heterocycles. The number of benzene rings is 2. The molecule has 0 unspecified atom stereocenters. The number of ether oxygens (including phenoxy) is 1. The largest absolute Gasteiger partial charge is 0.497 e. The minimum Gasteiger partial charge on any atom is -0.497 e. The lowest BCUT2D eigenvalue weighted by Crippen LogP contribution is -2.33. The number of aromatic nitrogens is 5. The summed E-state index contributed by atoms with van der Waals surface area (Å²) in [6, 6.07) is 18.4. The summed E-state index contributed by atoms with van der Waals surface area (Å²) >= 11 is 0. The van der Waals surface area contributed by atoms with E-state index in [1.807, 2.05) is 30.3 Å². The number of aromatic amines is 1. The molecule has 2 aromatic carbocycles. The molecular weight excluding hydrogens is 452 g/mol. The Morgan fingerprint density at radius 2 is 1.89 bits per heavy atom. The maximum absolute atomic E-state index is 13.2. The van der Waals surface area contributed by atoms with E-state index < -0.39 is 0 Å². The van der Waals surface area contributed by atoms with Gasteiger partial charge in [0.1, 0.15) is 5.75 Å². The molecule has 1 aliphatic carbocycles. The van der Waals surface area contributed by atoms with Crippen LogP contribution >= 0.6 is 0 Å². The molecule has 0 saturated heterocycles. The lowest BCUT2D eigenvalue weighted by Gasteiger charge is -2.32. The first kappa shape index (κ1) is 24.2. The van der Waals surface area contributed by atoms with Gasteiger partial charge in [0, 0.05) is 24.7 Å². The topological polar surface area (TPSA) is 88.9 Å². The number of hydrogen-bond donors (Lipinski definition) is 1. The molecule has 0 aliphatic heterocycles. The van der Waals surface area contributed by atoms with Crippen molar-refractivity contribution >= 4 is 10.9 Å². The zero-order valence-electron chi connectivity index (χ0n) is 21.1. The molecule has 0 spiro atoms. The predicted molar refractivity (Wildman–Crippen MR) is 140 cm³/mol. The molecule has 8 nitrogen and oxygen atoms in total. The van der Waals surface area contributed by atoms with Crippen LogP contribution in [0.5, 0.6) is 5.75 Å². The third kappa shape index (κ3) is 5.18. The highest BCUT2D eigenvalue weighted by Crippen LogP contribution is 2.32. The molecule has 0 radical (unpaired) electrons. The molecule has 1 N–H and O–H groups in total. The average Bonchev–Trinajstić information content (AvgIpc) is 3.40. The van der Waals surface area contributed by atoms with Gasteiger partial charge in [-0.15, -0.1) is 5.10 Å². The molecule has 188 valence electrons. The molecule has 1 aliphatic rings. The van der Waals surface area contributed by atoms with Crippen molar-refractivity contribution in [1.29, 1.82) is 0 Å². The van der Waals surface area contributed by atoms with Crippen LogP contribution in [0.2, 0.25) is 0 Å². The van der Waals surface area contributed by atoms with Crippen molar-refractivity contribution in [3.05, 3.63) is 81.9 Å². The summed E-state index contributed by atoms with van der Waals surface area (Å²) in [7, 11) is 1.63. The molecule has 8 heteroatoms. The summed E-state index contributed by atoms with van der Waals surface area (Å²) in [5.41, 5.74) is 2.59. The molecule has 1 saturated carbocycles. The second kappa shape index (κ2) is 11.0. The molecule has 1 fully saturated rings. The number of H-pyrrole nitrogens is 1. The second-order valence-electron chi connectivity index (χ2n) is 9.66. The Morgan fingerprint density at radius 3 is 2.64 bits per heavy atom. The maximum Gasteiger partial charge on any atom is 0.252 e. The van der Waals surface area contributed by atoms with Gasteiger partial charge in [0.2, 0.25) is 0 Å². The standard InChI is InChI=1S/C28H34N6O2/c1-3-26(27-30-31-32-34(27)23-12-8-5-9-13-23)33(18-20-10-6-4-7-11-20)19-22-16-21-14-15-24(36-2)17-25(21)29-28(22)35/h4,6-7,10-11,14-17,23,26H,3,5,8-9,12-13,18-19H2,1-2H3,(H,29,35)/t26-/m0/s1. The first-order valence-electron chi connectivity index (χ1n) is 12.9. The van der Waals surface area contributed by atoms with Crippen LogP contribution in [0.15, 0.2) is 59.4 Å². The summed E-state index contributed by atoms with van der Waals surface area (Å²) in [4.78, 5) is 18.5. The summed E-state index contributed by atoms with van der Waals surface area (Å²) < 4.78 is 7.38. The van der Waals surface area contributed by atoms with Gasteiger partial charge in [0.05, 0.1) is 24.7 Å². The van der Waals surface area contributed by atoms with Crippen LogP contribution in [0.25, 0.3) is 10.9 Å². The molecule has 0 bridgehead atoms. The lowest BCUT2D eigenvalue weighted by atomic mass is 9.95. The van der Waals surface area contributed by atoms with Gasteiger partial charge < -0.3 is 9.72 Å². The Hall–Kier alpha value is -3.52. The van der Waals surface area contributed by atoms with E-state index in [-0.39, 0.29) is 11.6 Å². The van der Waals surface area contributed by atoms with Gasteiger partial charge in [0.25, 0.3) is 5.56 Å². The molecule has 0 amide bonds. The van der Waals surface area contributed by atoms with Crippen LogP contribution in [-0.2, 0) is 13.1 Å². The number of rotatable bonds is 9. The first-order valence-corrected chi connectivity index (χ1v) is 12.9. The number of nitrogens with zero attached hydrogens (tertiary/aromatic N) is 5. The minimum atomic E-state index is -0.0875. The van der Waals surface area contributed by atoms with E-state index in [2.05, 4.69) is 61.3 Å². The van der Waals surface area contributed by atoms with Crippen molar-refractivity contribution in [1.82, 2.24) is 30.1 Å². The van der Waals surface area contributed by atoms with E-state index in [0.717, 1.165) is 47.3 Å². The Bertz CT molecular complexity index is 1340. The van der Waals surface area contributed by atoms with Crippen molar-refractivity contribution in [3.8, 4) is 5.75 Å². The van der Waals surface area contributed by atoms with Crippen molar-refractivity contribution in [3.63, 3.8) is 0 Å². The Balaban J connectivity index is 1.51. The molecule has 1 atom stereocenters. The minimum absolute atomic E-state index is 0.0203. The summed E-state index contributed by atoms with van der Waals surface area (Å²) in [6.45, 7) is 3.35. The van der Waals surface area contributed by atoms with Crippen LogP contribution in [0.3, 0.4) is 0 Å². The number of methoxy groups -OCH3 is 1. The van der Waals surface area contributed by atoms with Crippen molar-refractivity contribution < 1.29 is 4.74 Å². The van der Waals surface area contributed by atoms with Crippen LogP contribution in [0.4, 0.5) is 0 Å². The smallest absolute Gasteiger partial charge is 0.252 e. The van der Waals surface area contributed by atoms with Gasteiger partial charge in [-0.3, -0.25) is 9.69 Å². The maximum atomic E-state index is 13.2. The van der Waals surface area contributed by atoms with Gasteiger partial charge >= 0.3 is 0 Å². The third-order valence-electron chi connectivity index (χ3n) is 7.30. The van der Waals surface area contributed by atoms with E-state index in [4.69, 9.17) is 4.74 Å². The Labute approximate surface area is 211 Å². The molecule has 36 heavy (non-hydrogen) atoms. The summed E-state index contributed by atoms with van der Waals surface area (Å²) in [6.07, 6.45) is 6.77. The van der Waals surface area contributed by atoms with Gasteiger partial charge in [-0.25, -0.2) is 4.68 Å². The number of tetrazole rings is 1. The van der Waals surface area contributed by atoms with Crippen molar-refractivity contribution in [2.24, 2.45) is 0 Å². The third-order valence-corrected chi connectivity index (χ3v) is 7.30. The SMILES string of the molecule is CC[C@@H](c1nnnn1C1CCCCC1)N(Cc1ccccc1)Cc1cc2ccc(OC)cc2[nH]c1=O. The van der Waals surface area contributed by atoms with Crippen LogP contribution in [0, 0.1) is 0 Å². The normalized spacial score (nSPS) is 15.4. The average molecular weight is 487 g/mol. The van der Waals surface area contributed by atoms with Crippen LogP contribution < -0.4 is 10.3 Å². The second-order valence-corrected chi connectivity index (χ2v) is 9.66. The first-order chi connectivity index (χ1) is 17.7. The van der Waals surface area contributed by atoms with E-state index in [9.17, 15) is 4.79 Å². The molecule has 5 rings (SSSR count). The van der Waals surface area contributed by atoms with Gasteiger partial charge in [0.15, 0.2) is 5.82 Å². The zero-order valence-corrected chi connectivity index (χ0v) is 21.1. The fourth-order valence-corrected chi connectivity index (χ4v) is 5.39. The van der Waals surface area contributed by atoms with E-state index in [0.29, 0.717) is 19.1 Å². The van der Waals surface area contributed by atoms with Gasteiger partial charge in [-0.1, -0.05) is 56.5 Å². The number of nitrogens with one attached hydrogen (secondary N) is 1. The Kier molecular flexibility index (Phi) is 7.41. The van der Waals surface area contributed by atoms with E-state index in [1.165, 1.54) is 24.8 Å². The van der Waals surface area contributed by atoms with E-state index >= 15 is 0 Å². The Morgan fingerprint density at radius 1 is 1.08 bits per heavy atom. The van der Waals surface area contributed by atoms with Gasteiger partial charge in [-0.2, -0.15) is 0 Å². The number of hydrogen-bond acceptors (Lipinski definition) is 6. The quantitative estimate of drug-likeness (QED) is 0.351. The number of pyridine rings is 1. The molecule has 4 aromatic rings. The van der Waals surface area contributed by atoms with Crippen molar-refractivity contribution in [2.45, 2.75) is 70.6 Å². The molecular formula is C28H34N6O2. The zero-order chi connectivity index (χ0) is 24.9. The fourth-order valence-electron chi connectivity index (χ4n) is 5.39. The van der Waals surface area contributed by atoms with E-state index in [1.54, 1.807) is 7.11 Å². The highest BCUT2D eigenvalue weighted by molar-refractivity contribution is 5.80. The van der Waals surface area contributed by atoms with Crippen LogP contribution in [0.1, 0.15) is 74.5 Å². The predicted octanol–water partition coefficient (Wildman–Crippen LogP) is 5.18. The van der Waals surface area contributed by atoms with Crippen molar-refractivity contribution in [2.75, 3.05) is 7.11 Å². The van der Waals surface area contributed by atoms with Gasteiger partial charge in [-0.05, 0) is 58.8 Å². The summed E-state index contributed by atoms with van der Waals surface area (Å²) in [5.74, 6) is 1.61. The summed E-state index contributed by atoms with van der Waals surface area (Å²) in [5, 5.41) is 14.0. The number of fused-ring (bicyclic) bond motifs is 1. The highest BCUT2D eigenvalue weighted by Gasteiger charge is 2.29.